The lowest BCUT2D eigenvalue weighted by molar-refractivity contribution is 0.102. The fraction of sp³-hybridized carbons (Fsp3) is 0.0833. The molecule has 1 aromatic heterocycles. The van der Waals surface area contributed by atoms with Gasteiger partial charge in [0.2, 0.25) is 0 Å². The first-order valence-corrected chi connectivity index (χ1v) is 9.32. The van der Waals surface area contributed by atoms with Gasteiger partial charge in [-0.25, -0.2) is 4.39 Å². The Morgan fingerprint density at radius 2 is 1.63 bits per heavy atom. The fourth-order valence-corrected chi connectivity index (χ4v) is 3.44. The van der Waals surface area contributed by atoms with Crippen molar-refractivity contribution < 1.29 is 13.9 Å². The van der Waals surface area contributed by atoms with Gasteiger partial charge in [0.15, 0.2) is 5.43 Å². The maximum absolute atomic E-state index is 13.4. The van der Waals surface area contributed by atoms with Crippen molar-refractivity contribution in [3.63, 3.8) is 0 Å². The van der Waals surface area contributed by atoms with Gasteiger partial charge in [-0.05, 0) is 54.1 Å². The first-order valence-electron chi connectivity index (χ1n) is 9.32. The number of aryl methyl sites for hydroxylation is 1. The molecule has 4 aromatic rings. The van der Waals surface area contributed by atoms with Crippen LogP contribution in [0.3, 0.4) is 0 Å². The number of ether oxygens (including phenoxy) is 1. The van der Waals surface area contributed by atoms with Crippen LogP contribution in [0.2, 0.25) is 0 Å². The van der Waals surface area contributed by atoms with E-state index in [0.717, 1.165) is 0 Å². The number of hydrogen-bond acceptors (Lipinski definition) is 3. The smallest absolute Gasteiger partial charge is 0.256 e. The Hall–Kier alpha value is -3.93. The van der Waals surface area contributed by atoms with Crippen molar-refractivity contribution in [2.45, 2.75) is 0 Å². The summed E-state index contributed by atoms with van der Waals surface area (Å²) in [6.07, 6.45) is 0. The van der Waals surface area contributed by atoms with E-state index in [9.17, 15) is 14.0 Å². The van der Waals surface area contributed by atoms with Crippen molar-refractivity contribution in [3.8, 4) is 16.9 Å². The summed E-state index contributed by atoms with van der Waals surface area (Å²) in [5, 5.41) is 3.39. The summed E-state index contributed by atoms with van der Waals surface area (Å²) in [5.74, 6) is 0.157. The highest BCUT2D eigenvalue weighted by Gasteiger charge is 2.19. The van der Waals surface area contributed by atoms with Gasteiger partial charge >= 0.3 is 0 Å². The van der Waals surface area contributed by atoms with Crippen LogP contribution in [0, 0.1) is 5.82 Å². The van der Waals surface area contributed by atoms with Gasteiger partial charge in [0.05, 0.1) is 18.2 Å². The zero-order valence-corrected chi connectivity index (χ0v) is 16.5. The Bertz CT molecular complexity index is 1290. The number of hydrogen-bond donors (Lipinski definition) is 1. The second-order valence-corrected chi connectivity index (χ2v) is 6.82. The zero-order valence-electron chi connectivity index (χ0n) is 16.5. The number of fused-ring (bicyclic) bond motifs is 1. The van der Waals surface area contributed by atoms with E-state index >= 15 is 0 Å². The number of nitrogens with one attached hydrogen (secondary N) is 1. The van der Waals surface area contributed by atoms with Crippen molar-refractivity contribution in [2.75, 3.05) is 12.4 Å². The van der Waals surface area contributed by atoms with Gasteiger partial charge in [0.25, 0.3) is 5.91 Å². The van der Waals surface area contributed by atoms with Gasteiger partial charge < -0.3 is 14.6 Å². The Kier molecular flexibility index (Phi) is 5.06. The number of aromatic nitrogens is 1. The van der Waals surface area contributed by atoms with Gasteiger partial charge in [0, 0.05) is 18.0 Å². The number of rotatable bonds is 4. The molecule has 3 aromatic carbocycles. The maximum Gasteiger partial charge on any atom is 0.256 e. The summed E-state index contributed by atoms with van der Waals surface area (Å²) in [4.78, 5) is 26.2. The van der Waals surface area contributed by atoms with E-state index in [1.807, 2.05) is 12.1 Å². The Morgan fingerprint density at radius 1 is 0.967 bits per heavy atom. The molecule has 0 fully saturated rings. The molecule has 5 nitrogen and oxygen atoms in total. The number of carbonyl (C=O) groups is 1. The number of para-hydroxylation sites is 1. The molecule has 0 aliphatic rings. The summed E-state index contributed by atoms with van der Waals surface area (Å²) in [7, 11) is 3.35. The molecule has 0 radical (unpaired) electrons. The van der Waals surface area contributed by atoms with Crippen LogP contribution in [0.1, 0.15) is 10.4 Å². The predicted molar refractivity (Wildman–Crippen MR) is 116 cm³/mol. The number of methoxy groups -OCH3 is 1. The lowest BCUT2D eigenvalue weighted by Gasteiger charge is -2.18. The summed E-state index contributed by atoms with van der Waals surface area (Å²) >= 11 is 0. The average molecular weight is 402 g/mol. The van der Waals surface area contributed by atoms with E-state index in [0.29, 0.717) is 33.6 Å². The van der Waals surface area contributed by atoms with Gasteiger partial charge in [-0.15, -0.1) is 0 Å². The molecular weight excluding hydrogens is 383 g/mol. The number of carbonyl (C=O) groups excluding carboxylic acids is 1. The Labute approximate surface area is 172 Å². The largest absolute Gasteiger partial charge is 0.497 e. The maximum atomic E-state index is 13.4. The highest BCUT2D eigenvalue weighted by Crippen LogP contribution is 2.29. The van der Waals surface area contributed by atoms with E-state index in [4.69, 9.17) is 4.74 Å². The SMILES string of the molecule is COc1ccc(-c2c(NC(=O)c3ccc(F)cc3)n(C)c3ccccc3c2=O)cc1. The van der Waals surface area contributed by atoms with Crippen LogP contribution in [-0.2, 0) is 7.05 Å². The van der Waals surface area contributed by atoms with E-state index in [1.165, 1.54) is 24.3 Å². The molecule has 0 bridgehead atoms. The number of nitrogens with zero attached hydrogens (tertiary/aromatic N) is 1. The molecule has 150 valence electrons. The van der Waals surface area contributed by atoms with Crippen LogP contribution >= 0.6 is 0 Å². The highest BCUT2D eigenvalue weighted by molar-refractivity contribution is 6.06. The van der Waals surface area contributed by atoms with E-state index in [2.05, 4.69) is 5.32 Å². The van der Waals surface area contributed by atoms with Crippen molar-refractivity contribution in [2.24, 2.45) is 7.05 Å². The second-order valence-electron chi connectivity index (χ2n) is 6.82. The van der Waals surface area contributed by atoms with E-state index in [-0.39, 0.29) is 11.0 Å². The number of amides is 1. The molecule has 4 rings (SSSR count). The summed E-state index contributed by atoms with van der Waals surface area (Å²) < 4.78 is 20.2. The molecule has 0 aliphatic heterocycles. The normalized spacial score (nSPS) is 10.8. The number of halogens is 1. The minimum Gasteiger partial charge on any atom is -0.497 e. The van der Waals surface area contributed by atoms with Gasteiger partial charge in [0.1, 0.15) is 17.4 Å². The summed E-state index contributed by atoms with van der Waals surface area (Å²) in [6.45, 7) is 0. The minimum atomic E-state index is -0.435. The zero-order chi connectivity index (χ0) is 21.3. The number of benzene rings is 3. The molecule has 6 heteroatoms. The molecule has 1 N–H and O–H groups in total. The van der Waals surface area contributed by atoms with Crippen molar-refractivity contribution in [1.29, 1.82) is 0 Å². The Morgan fingerprint density at radius 3 is 2.30 bits per heavy atom. The third-order valence-electron chi connectivity index (χ3n) is 5.03. The first kappa shape index (κ1) is 19.4. The van der Waals surface area contributed by atoms with Crippen molar-refractivity contribution in [3.05, 3.63) is 94.4 Å². The lowest BCUT2D eigenvalue weighted by atomic mass is 10.0. The topological polar surface area (TPSA) is 60.3 Å². The standard InChI is InChI=1S/C24H19FN2O3/c1-27-20-6-4-3-5-19(20)22(28)21(15-9-13-18(30-2)14-10-15)23(27)26-24(29)16-7-11-17(25)12-8-16/h3-14H,1-2H3,(H,26,29). The van der Waals surface area contributed by atoms with Crippen LogP contribution in [0.25, 0.3) is 22.0 Å². The first-order chi connectivity index (χ1) is 14.5. The van der Waals surface area contributed by atoms with Crippen LogP contribution < -0.4 is 15.5 Å². The molecule has 0 saturated heterocycles. The second kappa shape index (κ2) is 7.83. The monoisotopic (exact) mass is 402 g/mol. The number of anilines is 1. The summed E-state index contributed by atoms with van der Waals surface area (Å²) in [5.41, 5.74) is 1.81. The van der Waals surface area contributed by atoms with Crippen LogP contribution in [0.15, 0.2) is 77.6 Å². The molecule has 30 heavy (non-hydrogen) atoms. The molecule has 0 unspecified atom stereocenters. The molecule has 0 atom stereocenters. The fourth-order valence-electron chi connectivity index (χ4n) is 3.44. The van der Waals surface area contributed by atoms with Crippen LogP contribution in [-0.4, -0.2) is 17.6 Å². The highest BCUT2D eigenvalue weighted by atomic mass is 19.1. The van der Waals surface area contributed by atoms with Gasteiger partial charge in [-0.2, -0.15) is 0 Å². The quantitative estimate of drug-likeness (QED) is 0.543. The van der Waals surface area contributed by atoms with E-state index in [1.54, 1.807) is 55.1 Å². The van der Waals surface area contributed by atoms with Crippen molar-refractivity contribution >= 4 is 22.6 Å². The van der Waals surface area contributed by atoms with Crippen LogP contribution in [0.5, 0.6) is 5.75 Å². The minimum absolute atomic E-state index is 0.191. The molecule has 1 amide bonds. The predicted octanol–water partition coefficient (Wildman–Crippen LogP) is 4.61. The van der Waals surface area contributed by atoms with Gasteiger partial charge in [-0.3, -0.25) is 9.59 Å². The van der Waals surface area contributed by atoms with Crippen molar-refractivity contribution in [1.82, 2.24) is 4.57 Å². The van der Waals surface area contributed by atoms with Crippen LogP contribution in [0.4, 0.5) is 10.2 Å². The number of pyridine rings is 1. The van der Waals surface area contributed by atoms with E-state index < -0.39 is 11.7 Å². The molecule has 1 heterocycles. The Balaban J connectivity index is 1.92. The summed E-state index contributed by atoms with van der Waals surface area (Å²) in [6, 6.07) is 19.5. The molecule has 0 saturated carbocycles. The lowest BCUT2D eigenvalue weighted by Crippen LogP contribution is -2.21. The molecule has 0 spiro atoms. The molecule has 0 aliphatic carbocycles. The third kappa shape index (κ3) is 3.43. The molecular formula is C24H19FN2O3. The third-order valence-corrected chi connectivity index (χ3v) is 5.03. The van der Waals surface area contributed by atoms with Gasteiger partial charge in [-0.1, -0.05) is 24.3 Å². The average Bonchev–Trinajstić information content (AvgIpc) is 2.78.